The molecule has 0 radical (unpaired) electrons. The topological polar surface area (TPSA) is 50.5 Å². The highest BCUT2D eigenvalue weighted by molar-refractivity contribution is 5.84. The average Bonchev–Trinajstić information content (AvgIpc) is 2.87. The van der Waals surface area contributed by atoms with Crippen LogP contribution in [0, 0.1) is 13.8 Å². The Morgan fingerprint density at radius 3 is 2.52 bits per heavy atom. The zero-order valence-electron chi connectivity index (χ0n) is 13.9. The molecule has 5 heteroatoms. The van der Waals surface area contributed by atoms with Gasteiger partial charge in [-0.25, -0.2) is 9.50 Å². The van der Waals surface area contributed by atoms with Crippen LogP contribution in [-0.2, 0) is 11.2 Å². The molecule has 0 atom stereocenters. The van der Waals surface area contributed by atoms with Crippen LogP contribution in [0.2, 0.25) is 0 Å². The molecule has 0 bridgehead atoms. The Bertz CT molecular complexity index is 866. The smallest absolute Gasteiger partial charge is 0.226 e. The van der Waals surface area contributed by atoms with E-state index in [-0.39, 0.29) is 12.3 Å². The first-order chi connectivity index (χ1) is 11.0. The zero-order valence-corrected chi connectivity index (χ0v) is 13.9. The maximum absolute atomic E-state index is 12.3. The molecule has 0 N–H and O–H groups in total. The quantitative estimate of drug-likeness (QED) is 0.747. The molecule has 1 aromatic carbocycles. The fourth-order valence-corrected chi connectivity index (χ4v) is 2.67. The van der Waals surface area contributed by atoms with Gasteiger partial charge in [0.2, 0.25) is 5.91 Å². The van der Waals surface area contributed by atoms with Crippen molar-refractivity contribution in [3.05, 3.63) is 53.3 Å². The minimum atomic E-state index is 0.0399. The molecule has 2 heterocycles. The Morgan fingerprint density at radius 2 is 1.87 bits per heavy atom. The van der Waals surface area contributed by atoms with Gasteiger partial charge >= 0.3 is 0 Å². The van der Waals surface area contributed by atoms with Crippen LogP contribution < -0.4 is 0 Å². The zero-order chi connectivity index (χ0) is 16.6. The van der Waals surface area contributed by atoms with Crippen LogP contribution in [0.1, 0.15) is 17.0 Å². The summed E-state index contributed by atoms with van der Waals surface area (Å²) in [5.74, 6) is 0.0399. The van der Waals surface area contributed by atoms with Crippen LogP contribution in [0.15, 0.2) is 36.4 Å². The largest absolute Gasteiger partial charge is 0.349 e. The van der Waals surface area contributed by atoms with Crippen molar-refractivity contribution in [3.8, 4) is 11.3 Å². The van der Waals surface area contributed by atoms with E-state index in [2.05, 4.69) is 4.98 Å². The molecule has 1 amide bonds. The van der Waals surface area contributed by atoms with Gasteiger partial charge in [0.15, 0.2) is 5.65 Å². The van der Waals surface area contributed by atoms with Crippen molar-refractivity contribution in [1.29, 1.82) is 0 Å². The van der Waals surface area contributed by atoms with E-state index in [1.165, 1.54) is 0 Å². The number of rotatable bonds is 3. The number of aromatic nitrogens is 3. The molecule has 2 aromatic heterocycles. The predicted octanol–water partition coefficient (Wildman–Crippen LogP) is 2.64. The SMILES string of the molecule is Cc1cc(C)n2nc(-c3ccccc3)c(CC(=O)N(C)C)c2n1. The van der Waals surface area contributed by atoms with Crippen molar-refractivity contribution in [1.82, 2.24) is 19.5 Å². The molecule has 0 saturated carbocycles. The molecular formula is C18H20N4O. The van der Waals surface area contributed by atoms with Gasteiger partial charge in [0.1, 0.15) is 0 Å². The van der Waals surface area contributed by atoms with Crippen LogP contribution in [0.5, 0.6) is 0 Å². The Hall–Kier alpha value is -2.69. The van der Waals surface area contributed by atoms with Crippen molar-refractivity contribution in [2.45, 2.75) is 20.3 Å². The number of benzene rings is 1. The summed E-state index contributed by atoms with van der Waals surface area (Å²) in [5.41, 5.74) is 5.39. The van der Waals surface area contributed by atoms with Crippen LogP contribution in [0.3, 0.4) is 0 Å². The summed E-state index contributed by atoms with van der Waals surface area (Å²) in [6.45, 7) is 3.96. The summed E-state index contributed by atoms with van der Waals surface area (Å²) in [4.78, 5) is 18.5. The standard InChI is InChI=1S/C18H20N4O/c1-12-10-13(2)22-18(19-12)15(11-16(23)21(3)4)17(20-22)14-8-6-5-7-9-14/h5-10H,11H2,1-4H3. The molecule has 0 fully saturated rings. The van der Waals surface area contributed by atoms with Gasteiger partial charge in [-0.05, 0) is 19.9 Å². The normalized spacial score (nSPS) is 11.0. The summed E-state index contributed by atoms with van der Waals surface area (Å²) in [6.07, 6.45) is 0.288. The van der Waals surface area contributed by atoms with Gasteiger partial charge < -0.3 is 4.90 Å². The lowest BCUT2D eigenvalue weighted by Gasteiger charge is -2.10. The van der Waals surface area contributed by atoms with Crippen molar-refractivity contribution >= 4 is 11.6 Å². The maximum atomic E-state index is 12.3. The minimum Gasteiger partial charge on any atom is -0.349 e. The van der Waals surface area contributed by atoms with Crippen molar-refractivity contribution in [2.24, 2.45) is 0 Å². The highest BCUT2D eigenvalue weighted by atomic mass is 16.2. The van der Waals surface area contributed by atoms with Crippen molar-refractivity contribution in [3.63, 3.8) is 0 Å². The van der Waals surface area contributed by atoms with E-state index in [0.29, 0.717) is 0 Å². The number of fused-ring (bicyclic) bond motifs is 1. The molecule has 23 heavy (non-hydrogen) atoms. The Morgan fingerprint density at radius 1 is 1.17 bits per heavy atom. The molecule has 3 rings (SSSR count). The number of likely N-dealkylation sites (N-methyl/N-ethyl adjacent to an activating group) is 1. The Kier molecular flexibility index (Phi) is 3.86. The minimum absolute atomic E-state index is 0.0399. The van der Waals surface area contributed by atoms with Gasteiger partial charge in [-0.3, -0.25) is 4.79 Å². The number of aryl methyl sites for hydroxylation is 2. The Balaban J connectivity index is 2.26. The van der Waals surface area contributed by atoms with E-state index in [1.54, 1.807) is 19.0 Å². The van der Waals surface area contributed by atoms with E-state index in [0.717, 1.165) is 33.9 Å². The highest BCUT2D eigenvalue weighted by Crippen LogP contribution is 2.27. The number of hydrogen-bond acceptors (Lipinski definition) is 3. The van der Waals surface area contributed by atoms with E-state index < -0.39 is 0 Å². The van der Waals surface area contributed by atoms with E-state index in [9.17, 15) is 4.79 Å². The second-order valence-corrected chi connectivity index (χ2v) is 5.93. The van der Waals surface area contributed by atoms with Crippen molar-refractivity contribution in [2.75, 3.05) is 14.1 Å². The molecule has 0 aliphatic heterocycles. The summed E-state index contributed by atoms with van der Waals surface area (Å²) >= 11 is 0. The lowest BCUT2D eigenvalue weighted by atomic mass is 10.0. The van der Waals surface area contributed by atoms with Gasteiger partial charge in [-0.15, -0.1) is 0 Å². The molecule has 0 aliphatic carbocycles. The maximum Gasteiger partial charge on any atom is 0.226 e. The number of carbonyl (C=O) groups excluding carboxylic acids is 1. The van der Waals surface area contributed by atoms with Gasteiger partial charge in [-0.2, -0.15) is 5.10 Å². The summed E-state index contributed by atoms with van der Waals surface area (Å²) in [5, 5.41) is 4.72. The van der Waals surface area contributed by atoms with Crippen LogP contribution in [-0.4, -0.2) is 39.5 Å². The highest BCUT2D eigenvalue weighted by Gasteiger charge is 2.20. The van der Waals surface area contributed by atoms with Gasteiger partial charge in [-0.1, -0.05) is 30.3 Å². The van der Waals surface area contributed by atoms with E-state index in [1.807, 2.05) is 54.8 Å². The fraction of sp³-hybridized carbons (Fsp3) is 0.278. The van der Waals surface area contributed by atoms with Crippen LogP contribution in [0.25, 0.3) is 16.9 Å². The third kappa shape index (κ3) is 2.82. The van der Waals surface area contributed by atoms with E-state index >= 15 is 0 Å². The van der Waals surface area contributed by atoms with Gasteiger partial charge in [0.05, 0.1) is 12.1 Å². The summed E-state index contributed by atoms with van der Waals surface area (Å²) in [6, 6.07) is 11.9. The molecule has 0 unspecified atom stereocenters. The second kappa shape index (κ2) is 5.83. The fourth-order valence-electron chi connectivity index (χ4n) is 2.67. The molecule has 118 valence electrons. The lowest BCUT2D eigenvalue weighted by Crippen LogP contribution is -2.23. The Labute approximate surface area is 135 Å². The first-order valence-electron chi connectivity index (χ1n) is 7.59. The number of nitrogens with zero attached hydrogens (tertiary/aromatic N) is 4. The monoisotopic (exact) mass is 308 g/mol. The molecule has 3 aromatic rings. The predicted molar refractivity (Wildman–Crippen MR) is 90.3 cm³/mol. The van der Waals surface area contributed by atoms with Crippen molar-refractivity contribution < 1.29 is 4.79 Å². The van der Waals surface area contributed by atoms with Crippen LogP contribution in [0.4, 0.5) is 0 Å². The first-order valence-corrected chi connectivity index (χ1v) is 7.59. The van der Waals surface area contributed by atoms with Gasteiger partial charge in [0.25, 0.3) is 0 Å². The molecular weight excluding hydrogens is 288 g/mol. The van der Waals surface area contributed by atoms with Crippen LogP contribution >= 0.6 is 0 Å². The summed E-state index contributed by atoms with van der Waals surface area (Å²) in [7, 11) is 3.53. The number of carbonyl (C=O) groups is 1. The molecule has 5 nitrogen and oxygen atoms in total. The molecule has 0 aliphatic rings. The lowest BCUT2D eigenvalue weighted by molar-refractivity contribution is -0.127. The third-order valence-electron chi connectivity index (χ3n) is 3.86. The second-order valence-electron chi connectivity index (χ2n) is 5.93. The summed E-state index contributed by atoms with van der Waals surface area (Å²) < 4.78 is 1.83. The van der Waals surface area contributed by atoms with Gasteiger partial charge in [0, 0.05) is 36.6 Å². The first kappa shape index (κ1) is 15.2. The third-order valence-corrected chi connectivity index (χ3v) is 3.86. The number of amides is 1. The average molecular weight is 308 g/mol. The molecule has 0 saturated heterocycles. The van der Waals surface area contributed by atoms with E-state index in [4.69, 9.17) is 5.10 Å². The number of hydrogen-bond donors (Lipinski definition) is 0. The molecule has 0 spiro atoms.